The fourth-order valence-electron chi connectivity index (χ4n) is 3.71. The molecule has 0 radical (unpaired) electrons. The van der Waals surface area contributed by atoms with Gasteiger partial charge in [-0.1, -0.05) is 54.4 Å². The SMILES string of the molecule is Cc1ccc(-c2nnc(SCC(=O)N/N=C/c3cccn3C)n2C2CCCC2)cc1. The minimum atomic E-state index is -0.164. The largest absolute Gasteiger partial charge is 0.350 e. The highest BCUT2D eigenvalue weighted by Gasteiger charge is 2.25. The maximum Gasteiger partial charge on any atom is 0.250 e. The van der Waals surface area contributed by atoms with Crippen LogP contribution in [0, 0.1) is 6.92 Å². The summed E-state index contributed by atoms with van der Waals surface area (Å²) in [4.78, 5) is 12.3. The molecule has 7 nitrogen and oxygen atoms in total. The number of thioether (sulfide) groups is 1. The van der Waals surface area contributed by atoms with Crippen LogP contribution in [0.15, 0.2) is 52.9 Å². The van der Waals surface area contributed by atoms with Gasteiger partial charge < -0.3 is 4.57 Å². The van der Waals surface area contributed by atoms with Gasteiger partial charge in [0.05, 0.1) is 17.7 Å². The van der Waals surface area contributed by atoms with E-state index in [9.17, 15) is 4.79 Å². The molecule has 4 rings (SSSR count). The van der Waals surface area contributed by atoms with Gasteiger partial charge in [-0.2, -0.15) is 5.10 Å². The van der Waals surface area contributed by atoms with E-state index >= 15 is 0 Å². The Bertz CT molecular complexity index is 1030. The molecule has 3 aromatic rings. The molecule has 0 aliphatic heterocycles. The first-order chi connectivity index (χ1) is 14.6. The predicted octanol–water partition coefficient (Wildman–Crippen LogP) is 3.95. The Kier molecular flexibility index (Phi) is 6.32. The smallest absolute Gasteiger partial charge is 0.250 e. The van der Waals surface area contributed by atoms with Gasteiger partial charge in [-0.15, -0.1) is 10.2 Å². The van der Waals surface area contributed by atoms with Gasteiger partial charge in [-0.25, -0.2) is 5.43 Å². The quantitative estimate of drug-likeness (QED) is 0.355. The molecule has 1 aliphatic rings. The minimum absolute atomic E-state index is 0.164. The molecule has 8 heteroatoms. The van der Waals surface area contributed by atoms with Gasteiger partial charge in [0, 0.05) is 24.8 Å². The Morgan fingerprint density at radius 1 is 1.23 bits per heavy atom. The van der Waals surface area contributed by atoms with E-state index < -0.39 is 0 Å². The Hall–Kier alpha value is -2.87. The second-order valence-corrected chi connectivity index (χ2v) is 8.55. The zero-order valence-electron chi connectivity index (χ0n) is 17.3. The molecule has 0 atom stereocenters. The van der Waals surface area contributed by atoms with Crippen LogP contribution >= 0.6 is 11.8 Å². The summed E-state index contributed by atoms with van der Waals surface area (Å²) in [6.07, 6.45) is 8.25. The summed E-state index contributed by atoms with van der Waals surface area (Å²) >= 11 is 1.41. The Labute approximate surface area is 180 Å². The van der Waals surface area contributed by atoms with Gasteiger partial charge in [0.1, 0.15) is 0 Å². The fourth-order valence-corrected chi connectivity index (χ4v) is 4.51. The summed E-state index contributed by atoms with van der Waals surface area (Å²) in [7, 11) is 1.93. The number of rotatable bonds is 7. The highest BCUT2D eigenvalue weighted by molar-refractivity contribution is 7.99. The fraction of sp³-hybridized carbons (Fsp3) is 0.364. The molecular formula is C22H26N6OS. The lowest BCUT2D eigenvalue weighted by Gasteiger charge is -2.16. The normalized spacial score (nSPS) is 14.6. The summed E-state index contributed by atoms with van der Waals surface area (Å²) in [6.45, 7) is 2.08. The molecule has 156 valence electrons. The summed E-state index contributed by atoms with van der Waals surface area (Å²) in [5.41, 5.74) is 5.79. The monoisotopic (exact) mass is 422 g/mol. The third-order valence-corrected chi connectivity index (χ3v) is 6.31. The van der Waals surface area contributed by atoms with Gasteiger partial charge in [0.15, 0.2) is 11.0 Å². The number of hydrazone groups is 1. The van der Waals surface area contributed by atoms with Gasteiger partial charge in [-0.05, 0) is 31.9 Å². The lowest BCUT2D eigenvalue weighted by Crippen LogP contribution is -2.20. The van der Waals surface area contributed by atoms with Crippen molar-refractivity contribution in [1.82, 2.24) is 24.8 Å². The molecule has 1 amide bonds. The Morgan fingerprint density at radius 2 is 2.00 bits per heavy atom. The van der Waals surface area contributed by atoms with Crippen LogP contribution in [0.1, 0.15) is 43.0 Å². The van der Waals surface area contributed by atoms with Crippen molar-refractivity contribution in [2.45, 2.75) is 43.8 Å². The number of aryl methyl sites for hydroxylation is 2. The third-order valence-electron chi connectivity index (χ3n) is 5.37. The van der Waals surface area contributed by atoms with E-state index in [-0.39, 0.29) is 11.7 Å². The first-order valence-electron chi connectivity index (χ1n) is 10.2. The van der Waals surface area contributed by atoms with E-state index in [4.69, 9.17) is 0 Å². The molecule has 0 saturated heterocycles. The molecule has 1 N–H and O–H groups in total. The van der Waals surface area contributed by atoms with Crippen molar-refractivity contribution >= 4 is 23.9 Å². The van der Waals surface area contributed by atoms with Gasteiger partial charge >= 0.3 is 0 Å². The summed E-state index contributed by atoms with van der Waals surface area (Å²) < 4.78 is 4.16. The molecule has 30 heavy (non-hydrogen) atoms. The van der Waals surface area contributed by atoms with Gasteiger partial charge in [0.25, 0.3) is 5.91 Å². The van der Waals surface area contributed by atoms with Crippen molar-refractivity contribution in [2.24, 2.45) is 12.1 Å². The highest BCUT2D eigenvalue weighted by atomic mass is 32.2. The third kappa shape index (κ3) is 4.64. The minimum Gasteiger partial charge on any atom is -0.350 e. The second-order valence-electron chi connectivity index (χ2n) is 7.61. The molecule has 0 bridgehead atoms. The van der Waals surface area contributed by atoms with E-state index in [0.717, 1.165) is 35.1 Å². The van der Waals surface area contributed by atoms with E-state index in [1.54, 1.807) is 6.21 Å². The van der Waals surface area contributed by atoms with Crippen molar-refractivity contribution in [1.29, 1.82) is 0 Å². The topological polar surface area (TPSA) is 77.1 Å². The molecule has 2 aromatic heterocycles. The number of amides is 1. The standard InChI is InChI=1S/C22H26N6OS/c1-16-9-11-17(12-10-16)21-25-26-22(28(21)18-6-3-4-7-18)30-15-20(29)24-23-14-19-8-5-13-27(19)2/h5,8-14,18H,3-4,6-7,15H2,1-2H3,(H,24,29)/b23-14+. The van der Waals surface area contributed by atoms with Crippen molar-refractivity contribution < 1.29 is 4.79 Å². The molecule has 2 heterocycles. The van der Waals surface area contributed by atoms with Crippen LogP contribution in [0.5, 0.6) is 0 Å². The molecule has 1 saturated carbocycles. The highest BCUT2D eigenvalue weighted by Crippen LogP contribution is 2.36. The second kappa shape index (κ2) is 9.30. The number of nitrogens with zero attached hydrogens (tertiary/aromatic N) is 5. The molecule has 0 unspecified atom stereocenters. The van der Waals surface area contributed by atoms with Crippen LogP contribution in [0.2, 0.25) is 0 Å². The van der Waals surface area contributed by atoms with Crippen LogP contribution in [-0.4, -0.2) is 37.2 Å². The summed E-state index contributed by atoms with van der Waals surface area (Å²) in [5, 5.41) is 13.7. The number of aromatic nitrogens is 4. The van der Waals surface area contributed by atoms with Crippen LogP contribution in [0.4, 0.5) is 0 Å². The average Bonchev–Trinajstić information content (AvgIpc) is 3.48. The van der Waals surface area contributed by atoms with Crippen molar-refractivity contribution in [3.63, 3.8) is 0 Å². The van der Waals surface area contributed by atoms with E-state index in [1.165, 1.54) is 30.2 Å². The van der Waals surface area contributed by atoms with E-state index in [0.29, 0.717) is 6.04 Å². The number of benzene rings is 1. The predicted molar refractivity (Wildman–Crippen MR) is 120 cm³/mol. The van der Waals surface area contributed by atoms with Crippen LogP contribution in [-0.2, 0) is 11.8 Å². The van der Waals surface area contributed by atoms with E-state index in [1.807, 2.05) is 29.9 Å². The summed E-state index contributed by atoms with van der Waals surface area (Å²) in [6, 6.07) is 12.6. The maximum atomic E-state index is 12.3. The number of hydrogen-bond donors (Lipinski definition) is 1. The maximum absolute atomic E-state index is 12.3. The van der Waals surface area contributed by atoms with E-state index in [2.05, 4.69) is 56.5 Å². The lowest BCUT2D eigenvalue weighted by molar-refractivity contribution is -0.118. The first-order valence-corrected chi connectivity index (χ1v) is 11.2. The molecule has 1 aliphatic carbocycles. The van der Waals surface area contributed by atoms with Gasteiger partial charge in [0.2, 0.25) is 0 Å². The number of carbonyl (C=O) groups excluding carboxylic acids is 1. The molecule has 0 spiro atoms. The number of nitrogens with one attached hydrogen (secondary N) is 1. The average molecular weight is 423 g/mol. The number of hydrogen-bond acceptors (Lipinski definition) is 5. The van der Waals surface area contributed by atoms with Crippen molar-refractivity contribution in [3.8, 4) is 11.4 Å². The molecule has 1 aromatic carbocycles. The van der Waals surface area contributed by atoms with Crippen LogP contribution in [0.25, 0.3) is 11.4 Å². The zero-order valence-corrected chi connectivity index (χ0v) is 18.1. The van der Waals surface area contributed by atoms with Gasteiger partial charge in [-0.3, -0.25) is 9.36 Å². The Morgan fingerprint density at radius 3 is 2.70 bits per heavy atom. The Balaban J connectivity index is 1.45. The van der Waals surface area contributed by atoms with Crippen molar-refractivity contribution in [3.05, 3.63) is 53.9 Å². The number of carbonyl (C=O) groups is 1. The molecular weight excluding hydrogens is 396 g/mol. The van der Waals surface area contributed by atoms with Crippen LogP contribution < -0.4 is 5.43 Å². The summed E-state index contributed by atoms with van der Waals surface area (Å²) in [5.74, 6) is 0.957. The molecule has 1 fully saturated rings. The zero-order chi connectivity index (χ0) is 20.9. The van der Waals surface area contributed by atoms with Crippen molar-refractivity contribution in [2.75, 3.05) is 5.75 Å². The first kappa shape index (κ1) is 20.4. The van der Waals surface area contributed by atoms with Crippen LogP contribution in [0.3, 0.4) is 0 Å². The lowest BCUT2D eigenvalue weighted by atomic mass is 10.1.